The number of aliphatic carboxylic acids is 1. The molecule has 0 heterocycles. The lowest BCUT2D eigenvalue weighted by Crippen LogP contribution is -2.33. The number of carbonyl (C=O) groups is 1. The van der Waals surface area contributed by atoms with E-state index in [1.54, 1.807) is 24.3 Å². The topological polar surface area (TPSA) is 92.7 Å². The lowest BCUT2D eigenvalue weighted by Gasteiger charge is -2.15. The van der Waals surface area contributed by atoms with Crippen LogP contribution in [0.2, 0.25) is 0 Å². The van der Waals surface area contributed by atoms with E-state index in [-0.39, 0.29) is 4.90 Å². The molecule has 0 amide bonds. The molecule has 0 spiro atoms. The quantitative estimate of drug-likeness (QED) is 0.843. The van der Waals surface area contributed by atoms with Crippen molar-refractivity contribution in [1.29, 1.82) is 0 Å². The Balaban J connectivity index is 2.31. The van der Waals surface area contributed by atoms with Crippen molar-refractivity contribution in [2.45, 2.75) is 17.9 Å². The van der Waals surface area contributed by atoms with Crippen LogP contribution in [0.5, 0.6) is 5.75 Å². The van der Waals surface area contributed by atoms with Crippen molar-refractivity contribution < 1.29 is 23.1 Å². The van der Waals surface area contributed by atoms with Gasteiger partial charge in [-0.25, -0.2) is 8.42 Å². The molecule has 1 unspecified atom stereocenters. The maximum absolute atomic E-state index is 12.4. The predicted molar refractivity (Wildman–Crippen MR) is 84.9 cm³/mol. The highest BCUT2D eigenvalue weighted by molar-refractivity contribution is 7.89. The average molecular weight is 335 g/mol. The highest BCUT2D eigenvalue weighted by Crippen LogP contribution is 2.21. The standard InChI is InChI=1S/C16H17NO5S/c1-11-3-9-14(10-4-11)23(20,21)17-15(16(18)19)12-5-7-13(22-2)8-6-12/h3-10,15,17H,1-2H3,(H,18,19). The van der Waals surface area contributed by atoms with Gasteiger partial charge in [0.15, 0.2) is 0 Å². The first-order valence-electron chi connectivity index (χ1n) is 6.79. The molecule has 0 bridgehead atoms. The monoisotopic (exact) mass is 335 g/mol. The fourth-order valence-electron chi connectivity index (χ4n) is 2.00. The minimum absolute atomic E-state index is 0.0165. The van der Waals surface area contributed by atoms with Crippen molar-refractivity contribution in [2.24, 2.45) is 0 Å². The minimum atomic E-state index is -3.95. The van der Waals surface area contributed by atoms with E-state index in [2.05, 4.69) is 4.72 Å². The van der Waals surface area contributed by atoms with Gasteiger partial charge in [0.2, 0.25) is 10.0 Å². The predicted octanol–water partition coefficient (Wildman–Crippen LogP) is 2.11. The van der Waals surface area contributed by atoms with Crippen LogP contribution in [0.15, 0.2) is 53.4 Å². The first-order valence-corrected chi connectivity index (χ1v) is 8.27. The van der Waals surface area contributed by atoms with E-state index in [4.69, 9.17) is 4.74 Å². The van der Waals surface area contributed by atoms with Crippen LogP contribution in [0, 0.1) is 6.92 Å². The van der Waals surface area contributed by atoms with Crippen molar-refractivity contribution in [3.63, 3.8) is 0 Å². The molecule has 6 nitrogen and oxygen atoms in total. The Morgan fingerprint density at radius 2 is 1.65 bits per heavy atom. The average Bonchev–Trinajstić information content (AvgIpc) is 2.53. The molecule has 0 aromatic heterocycles. The van der Waals surface area contributed by atoms with Gasteiger partial charge in [0, 0.05) is 0 Å². The number of sulfonamides is 1. The van der Waals surface area contributed by atoms with Gasteiger partial charge in [-0.2, -0.15) is 4.72 Å². The first-order chi connectivity index (χ1) is 10.8. The molecule has 122 valence electrons. The Bertz CT molecular complexity index is 782. The summed E-state index contributed by atoms with van der Waals surface area (Å²) in [6, 6.07) is 11.0. The van der Waals surface area contributed by atoms with Crippen LogP contribution in [0.4, 0.5) is 0 Å². The van der Waals surface area contributed by atoms with Crippen LogP contribution in [0.3, 0.4) is 0 Å². The number of ether oxygens (including phenoxy) is 1. The Labute approximate surface area is 134 Å². The van der Waals surface area contributed by atoms with Gasteiger partial charge in [-0.3, -0.25) is 4.79 Å². The molecular formula is C16H17NO5S. The molecule has 2 rings (SSSR count). The molecule has 23 heavy (non-hydrogen) atoms. The fraction of sp³-hybridized carbons (Fsp3) is 0.188. The Kier molecular flexibility index (Phi) is 5.02. The van der Waals surface area contributed by atoms with E-state index in [1.807, 2.05) is 6.92 Å². The van der Waals surface area contributed by atoms with Gasteiger partial charge in [0.05, 0.1) is 12.0 Å². The number of carboxylic acids is 1. The maximum Gasteiger partial charge on any atom is 0.326 e. The summed E-state index contributed by atoms with van der Waals surface area (Å²) in [7, 11) is -2.46. The zero-order valence-corrected chi connectivity index (χ0v) is 13.5. The summed E-state index contributed by atoms with van der Waals surface area (Å²) in [5, 5.41) is 9.35. The third-order valence-corrected chi connectivity index (χ3v) is 4.74. The number of nitrogens with one attached hydrogen (secondary N) is 1. The summed E-state index contributed by atoms with van der Waals surface area (Å²) in [4.78, 5) is 11.5. The van der Waals surface area contributed by atoms with Crippen molar-refractivity contribution in [2.75, 3.05) is 7.11 Å². The molecule has 0 saturated carbocycles. The smallest absolute Gasteiger partial charge is 0.326 e. The summed E-state index contributed by atoms with van der Waals surface area (Å²) >= 11 is 0. The second-order valence-electron chi connectivity index (χ2n) is 4.98. The van der Waals surface area contributed by atoms with Crippen LogP contribution in [-0.4, -0.2) is 26.6 Å². The largest absolute Gasteiger partial charge is 0.497 e. The van der Waals surface area contributed by atoms with Crippen molar-refractivity contribution in [3.8, 4) is 5.75 Å². The Morgan fingerprint density at radius 3 is 2.13 bits per heavy atom. The molecule has 0 aliphatic carbocycles. The molecule has 2 aromatic carbocycles. The summed E-state index contributed by atoms with van der Waals surface area (Å²) in [5.74, 6) is -0.731. The van der Waals surface area contributed by atoms with Gasteiger partial charge >= 0.3 is 5.97 Å². The number of aryl methyl sites for hydroxylation is 1. The molecule has 2 aromatic rings. The van der Waals surface area contributed by atoms with Crippen molar-refractivity contribution >= 4 is 16.0 Å². The molecule has 0 radical (unpaired) electrons. The van der Waals surface area contributed by atoms with Gasteiger partial charge in [-0.1, -0.05) is 29.8 Å². The molecule has 0 aliphatic heterocycles. The second-order valence-corrected chi connectivity index (χ2v) is 6.69. The van der Waals surface area contributed by atoms with E-state index in [9.17, 15) is 18.3 Å². The molecule has 7 heteroatoms. The first kappa shape index (κ1) is 17.0. The summed E-state index contributed by atoms with van der Waals surface area (Å²) in [5.41, 5.74) is 1.22. The Hall–Kier alpha value is -2.38. The van der Waals surface area contributed by atoms with Crippen molar-refractivity contribution in [3.05, 3.63) is 59.7 Å². The number of methoxy groups -OCH3 is 1. The van der Waals surface area contributed by atoms with Crippen LogP contribution in [0.25, 0.3) is 0 Å². The molecular weight excluding hydrogens is 318 g/mol. The highest BCUT2D eigenvalue weighted by atomic mass is 32.2. The van der Waals surface area contributed by atoms with Crippen LogP contribution in [0.1, 0.15) is 17.2 Å². The van der Waals surface area contributed by atoms with E-state index in [0.29, 0.717) is 11.3 Å². The lowest BCUT2D eigenvalue weighted by molar-refractivity contribution is -0.139. The molecule has 0 saturated heterocycles. The molecule has 0 fully saturated rings. The van der Waals surface area contributed by atoms with E-state index in [1.165, 1.54) is 31.4 Å². The number of benzene rings is 2. The lowest BCUT2D eigenvalue weighted by atomic mass is 10.1. The van der Waals surface area contributed by atoms with Gasteiger partial charge in [0.1, 0.15) is 11.8 Å². The number of hydrogen-bond donors (Lipinski definition) is 2. The van der Waals surface area contributed by atoms with Crippen LogP contribution in [-0.2, 0) is 14.8 Å². The van der Waals surface area contributed by atoms with E-state index >= 15 is 0 Å². The normalized spacial score (nSPS) is 12.6. The summed E-state index contributed by atoms with van der Waals surface area (Å²) < 4.78 is 31.9. The third kappa shape index (κ3) is 4.08. The van der Waals surface area contributed by atoms with Gasteiger partial charge in [-0.15, -0.1) is 0 Å². The fourth-order valence-corrected chi connectivity index (χ4v) is 3.18. The summed E-state index contributed by atoms with van der Waals surface area (Å²) in [6.07, 6.45) is 0. The zero-order valence-electron chi connectivity index (χ0n) is 12.7. The van der Waals surface area contributed by atoms with Crippen molar-refractivity contribution in [1.82, 2.24) is 4.72 Å². The van der Waals surface area contributed by atoms with Gasteiger partial charge in [0.25, 0.3) is 0 Å². The van der Waals surface area contributed by atoms with Crippen LogP contribution < -0.4 is 9.46 Å². The number of carboxylic acid groups (broad SMARTS) is 1. The molecule has 2 N–H and O–H groups in total. The molecule has 0 aliphatic rings. The van der Waals surface area contributed by atoms with E-state index in [0.717, 1.165) is 5.56 Å². The number of hydrogen-bond acceptors (Lipinski definition) is 4. The maximum atomic E-state index is 12.4. The van der Waals surface area contributed by atoms with Gasteiger partial charge in [-0.05, 0) is 36.8 Å². The number of rotatable bonds is 6. The second kappa shape index (κ2) is 6.80. The van der Waals surface area contributed by atoms with Crippen LogP contribution >= 0.6 is 0 Å². The van der Waals surface area contributed by atoms with Gasteiger partial charge < -0.3 is 9.84 Å². The Morgan fingerprint density at radius 1 is 1.09 bits per heavy atom. The summed E-state index contributed by atoms with van der Waals surface area (Å²) in [6.45, 7) is 1.83. The SMILES string of the molecule is COc1ccc(C(NS(=O)(=O)c2ccc(C)cc2)C(=O)O)cc1. The third-order valence-electron chi connectivity index (χ3n) is 3.30. The highest BCUT2D eigenvalue weighted by Gasteiger charge is 2.26. The minimum Gasteiger partial charge on any atom is -0.497 e. The zero-order chi connectivity index (χ0) is 17.0. The van der Waals surface area contributed by atoms with E-state index < -0.39 is 22.0 Å². The molecule has 1 atom stereocenters.